The third-order valence-corrected chi connectivity index (χ3v) is 6.27. The molecule has 5 heteroatoms. The highest BCUT2D eigenvalue weighted by atomic mass is 35.5. The number of amides is 1. The van der Waals surface area contributed by atoms with Gasteiger partial charge in [0.05, 0.1) is 5.71 Å². The molecule has 3 aromatic carbocycles. The fourth-order valence-corrected chi connectivity index (χ4v) is 4.56. The van der Waals surface area contributed by atoms with Crippen molar-refractivity contribution in [3.63, 3.8) is 0 Å². The summed E-state index contributed by atoms with van der Waals surface area (Å²) in [6.45, 7) is 0. The van der Waals surface area contributed by atoms with Crippen molar-refractivity contribution in [1.29, 1.82) is 0 Å². The fourth-order valence-electron chi connectivity index (χ4n) is 4.34. The molecule has 0 fully saturated rings. The molecule has 5 rings (SSSR count). The standard InChI is InChI=1S/C26H21ClN2O2/c1-29-23-13-10-20(27)15-22(23)24(17-8-11-21(30)12-9-17)28-25(26(29)31)19-7-6-16-4-2-3-5-18(16)14-19/h2-14,22,25,30H,15H2,1H3. The predicted molar refractivity (Wildman–Crippen MR) is 124 cm³/mol. The summed E-state index contributed by atoms with van der Waals surface area (Å²) >= 11 is 6.39. The Labute approximate surface area is 185 Å². The smallest absolute Gasteiger partial charge is 0.255 e. The molecule has 31 heavy (non-hydrogen) atoms. The number of hydrogen-bond donors (Lipinski definition) is 1. The highest BCUT2D eigenvalue weighted by Gasteiger charge is 2.37. The van der Waals surface area contributed by atoms with Crippen molar-refractivity contribution in [3.8, 4) is 5.75 Å². The molecule has 2 aliphatic rings. The Morgan fingerprint density at radius 1 is 1.00 bits per heavy atom. The number of benzene rings is 3. The molecule has 4 nitrogen and oxygen atoms in total. The van der Waals surface area contributed by atoms with Crippen molar-refractivity contribution < 1.29 is 9.90 Å². The Morgan fingerprint density at radius 3 is 2.52 bits per heavy atom. The molecule has 3 aromatic rings. The number of likely N-dealkylation sites (N-methyl/N-ethyl adjacent to an activating group) is 1. The normalized spacial score (nSPS) is 21.2. The van der Waals surface area contributed by atoms with Crippen LogP contribution in [0.25, 0.3) is 10.8 Å². The Morgan fingerprint density at radius 2 is 1.74 bits per heavy atom. The van der Waals surface area contributed by atoms with Crippen LogP contribution in [0.3, 0.4) is 0 Å². The number of hydrogen-bond acceptors (Lipinski definition) is 3. The lowest BCUT2D eigenvalue weighted by Crippen LogP contribution is -2.33. The SMILES string of the molecule is CN1C(=O)C(c2ccc3ccccc3c2)N=C(c2ccc(O)cc2)C2CC(Cl)=CC=C21. The fraction of sp³-hybridized carbons (Fsp3) is 0.154. The number of phenolic OH excluding ortho intramolecular Hbond substituents is 1. The van der Waals surface area contributed by atoms with E-state index in [9.17, 15) is 9.90 Å². The van der Waals surface area contributed by atoms with Crippen LogP contribution in [0.4, 0.5) is 0 Å². The van der Waals surface area contributed by atoms with Crippen molar-refractivity contribution in [2.75, 3.05) is 7.05 Å². The van der Waals surface area contributed by atoms with E-state index in [4.69, 9.17) is 16.6 Å². The number of carbonyl (C=O) groups is 1. The van der Waals surface area contributed by atoms with Crippen LogP contribution in [-0.2, 0) is 4.79 Å². The van der Waals surface area contributed by atoms with Crippen LogP contribution >= 0.6 is 11.6 Å². The van der Waals surface area contributed by atoms with Gasteiger partial charge in [0.2, 0.25) is 0 Å². The van der Waals surface area contributed by atoms with E-state index < -0.39 is 6.04 Å². The van der Waals surface area contributed by atoms with Crippen molar-refractivity contribution >= 4 is 34.0 Å². The number of carbonyl (C=O) groups excluding carboxylic acids is 1. The number of fused-ring (bicyclic) bond motifs is 2. The van der Waals surface area contributed by atoms with E-state index in [0.29, 0.717) is 6.42 Å². The minimum atomic E-state index is -0.663. The van der Waals surface area contributed by atoms with Crippen LogP contribution in [0.2, 0.25) is 0 Å². The van der Waals surface area contributed by atoms with Crippen LogP contribution < -0.4 is 0 Å². The quantitative estimate of drug-likeness (QED) is 0.579. The van der Waals surface area contributed by atoms with Gasteiger partial charge in [0.25, 0.3) is 5.91 Å². The van der Waals surface area contributed by atoms with E-state index in [-0.39, 0.29) is 17.6 Å². The van der Waals surface area contributed by atoms with Gasteiger partial charge in [0.15, 0.2) is 6.04 Å². The van der Waals surface area contributed by atoms with Crippen molar-refractivity contribution in [1.82, 2.24) is 4.90 Å². The molecule has 2 unspecified atom stereocenters. The van der Waals surface area contributed by atoms with Gasteiger partial charge in [0.1, 0.15) is 5.75 Å². The van der Waals surface area contributed by atoms with Gasteiger partial charge in [0, 0.05) is 23.7 Å². The second kappa shape index (κ2) is 7.71. The molecule has 1 aliphatic carbocycles. The second-order valence-corrected chi connectivity index (χ2v) is 8.41. The molecule has 0 radical (unpaired) electrons. The second-order valence-electron chi connectivity index (χ2n) is 7.93. The van der Waals surface area contributed by atoms with E-state index in [0.717, 1.165) is 38.3 Å². The van der Waals surface area contributed by atoms with Crippen LogP contribution in [0.1, 0.15) is 23.6 Å². The molecule has 0 aromatic heterocycles. The largest absolute Gasteiger partial charge is 0.508 e. The highest BCUT2D eigenvalue weighted by molar-refractivity contribution is 6.30. The number of phenols is 1. The Kier molecular flexibility index (Phi) is 4.87. The van der Waals surface area contributed by atoms with Gasteiger partial charge < -0.3 is 10.0 Å². The average Bonchev–Trinajstić information content (AvgIpc) is 2.89. The number of halogens is 1. The molecule has 1 amide bonds. The summed E-state index contributed by atoms with van der Waals surface area (Å²) in [5, 5.41) is 12.7. The monoisotopic (exact) mass is 428 g/mol. The first-order valence-corrected chi connectivity index (χ1v) is 10.6. The Bertz CT molecular complexity index is 1270. The van der Waals surface area contributed by atoms with Gasteiger partial charge in [-0.05, 0) is 70.8 Å². The van der Waals surface area contributed by atoms with Gasteiger partial charge >= 0.3 is 0 Å². The maximum atomic E-state index is 13.5. The Hall–Kier alpha value is -3.37. The minimum Gasteiger partial charge on any atom is -0.508 e. The van der Waals surface area contributed by atoms with Gasteiger partial charge in [-0.2, -0.15) is 0 Å². The highest BCUT2D eigenvalue weighted by Crippen LogP contribution is 2.38. The van der Waals surface area contributed by atoms with E-state index in [1.807, 2.05) is 60.7 Å². The average molecular weight is 429 g/mol. The first-order valence-electron chi connectivity index (χ1n) is 10.2. The van der Waals surface area contributed by atoms with Crippen LogP contribution in [0.15, 0.2) is 94.6 Å². The lowest BCUT2D eigenvalue weighted by molar-refractivity contribution is -0.129. The molecule has 1 aliphatic heterocycles. The summed E-state index contributed by atoms with van der Waals surface area (Å²) in [5.41, 5.74) is 3.40. The maximum absolute atomic E-state index is 13.5. The number of aromatic hydroxyl groups is 1. The molecule has 154 valence electrons. The first kappa shape index (κ1) is 19.6. The van der Waals surface area contributed by atoms with Gasteiger partial charge in [-0.3, -0.25) is 9.79 Å². The molecule has 1 heterocycles. The zero-order chi connectivity index (χ0) is 21.5. The summed E-state index contributed by atoms with van der Waals surface area (Å²) in [7, 11) is 1.80. The Balaban J connectivity index is 1.69. The summed E-state index contributed by atoms with van der Waals surface area (Å²) in [6.07, 6.45) is 4.34. The first-order chi connectivity index (χ1) is 15.0. The molecule has 0 saturated carbocycles. The van der Waals surface area contributed by atoms with Gasteiger partial charge in [-0.25, -0.2) is 0 Å². The van der Waals surface area contributed by atoms with Crippen molar-refractivity contribution in [2.24, 2.45) is 10.9 Å². The topological polar surface area (TPSA) is 52.9 Å². The van der Waals surface area contributed by atoms with Gasteiger partial charge in [-0.15, -0.1) is 0 Å². The summed E-state index contributed by atoms with van der Waals surface area (Å²) in [5.74, 6) is -0.0252. The van der Waals surface area contributed by atoms with Crippen molar-refractivity contribution in [3.05, 3.63) is 101 Å². The van der Waals surface area contributed by atoms with E-state index >= 15 is 0 Å². The lowest BCUT2D eigenvalue weighted by Gasteiger charge is -2.28. The number of aliphatic imine (C=N–C) groups is 1. The lowest BCUT2D eigenvalue weighted by atomic mass is 9.87. The third-order valence-electron chi connectivity index (χ3n) is 5.99. The maximum Gasteiger partial charge on any atom is 0.255 e. The third kappa shape index (κ3) is 3.53. The summed E-state index contributed by atoms with van der Waals surface area (Å²) < 4.78 is 0. The van der Waals surface area contributed by atoms with E-state index in [1.165, 1.54) is 0 Å². The molecular weight excluding hydrogens is 408 g/mol. The number of nitrogens with zero attached hydrogens (tertiary/aromatic N) is 2. The van der Waals surface area contributed by atoms with Crippen LogP contribution in [0, 0.1) is 5.92 Å². The zero-order valence-corrected chi connectivity index (χ0v) is 17.8. The summed E-state index contributed by atoms with van der Waals surface area (Å²) in [4.78, 5) is 20.3. The zero-order valence-electron chi connectivity index (χ0n) is 17.0. The van der Waals surface area contributed by atoms with Gasteiger partial charge in [-0.1, -0.05) is 48.0 Å². The molecule has 0 saturated heterocycles. The summed E-state index contributed by atoms with van der Waals surface area (Å²) in [6, 6.07) is 20.4. The molecule has 1 N–H and O–H groups in total. The van der Waals surface area contributed by atoms with Crippen molar-refractivity contribution in [2.45, 2.75) is 12.5 Å². The minimum absolute atomic E-state index is 0.0771. The van der Waals surface area contributed by atoms with Crippen LogP contribution in [0.5, 0.6) is 5.75 Å². The number of rotatable bonds is 2. The molecular formula is C26H21ClN2O2. The predicted octanol–water partition coefficient (Wildman–Crippen LogP) is 5.57. The van der Waals surface area contributed by atoms with Crippen LogP contribution in [-0.4, -0.2) is 28.7 Å². The number of allylic oxidation sites excluding steroid dienone is 4. The molecule has 0 spiro atoms. The van der Waals surface area contributed by atoms with E-state index in [1.54, 1.807) is 24.1 Å². The van der Waals surface area contributed by atoms with E-state index in [2.05, 4.69) is 6.07 Å². The molecule has 0 bridgehead atoms. The molecule has 2 atom stereocenters.